The molecule has 0 saturated heterocycles. The minimum Gasteiger partial charge on any atom is -0.493 e. The number of carbonyl (C=O) groups is 2. The van der Waals surface area contributed by atoms with Gasteiger partial charge in [-0.1, -0.05) is 24.3 Å². The van der Waals surface area contributed by atoms with Crippen LogP contribution in [0.5, 0.6) is 11.5 Å². The predicted octanol–water partition coefficient (Wildman–Crippen LogP) is 2.83. The van der Waals surface area contributed by atoms with Crippen molar-refractivity contribution < 1.29 is 19.1 Å². The van der Waals surface area contributed by atoms with Crippen molar-refractivity contribution in [3.8, 4) is 11.5 Å². The fourth-order valence-corrected chi connectivity index (χ4v) is 2.95. The molecular formula is C22H28N2O4. The molecule has 6 nitrogen and oxygen atoms in total. The third kappa shape index (κ3) is 5.74. The Morgan fingerprint density at radius 3 is 2.36 bits per heavy atom. The maximum Gasteiger partial charge on any atom is 0.251 e. The Morgan fingerprint density at radius 2 is 1.71 bits per heavy atom. The Kier molecular flexibility index (Phi) is 7.87. The minimum absolute atomic E-state index is 0.0226. The second-order valence-electron chi connectivity index (χ2n) is 6.52. The Labute approximate surface area is 166 Å². The summed E-state index contributed by atoms with van der Waals surface area (Å²) in [6.45, 7) is 4.86. The smallest absolute Gasteiger partial charge is 0.251 e. The van der Waals surface area contributed by atoms with Crippen LogP contribution in [0.4, 0.5) is 0 Å². The lowest BCUT2D eigenvalue weighted by molar-refractivity contribution is -0.128. The van der Waals surface area contributed by atoms with Crippen LogP contribution in [0.25, 0.3) is 0 Å². The van der Waals surface area contributed by atoms with Crippen LogP contribution in [0.2, 0.25) is 0 Å². The Hall–Kier alpha value is -3.02. The Bertz CT molecular complexity index is 820. The van der Waals surface area contributed by atoms with E-state index in [0.29, 0.717) is 43.1 Å². The van der Waals surface area contributed by atoms with Gasteiger partial charge in [0, 0.05) is 32.1 Å². The maximum atomic E-state index is 12.3. The van der Waals surface area contributed by atoms with E-state index < -0.39 is 0 Å². The van der Waals surface area contributed by atoms with E-state index >= 15 is 0 Å². The summed E-state index contributed by atoms with van der Waals surface area (Å²) in [5.74, 6) is 1.19. The van der Waals surface area contributed by atoms with E-state index in [1.165, 1.54) is 6.92 Å². The van der Waals surface area contributed by atoms with E-state index in [9.17, 15) is 9.59 Å². The first kappa shape index (κ1) is 21.3. The number of methoxy groups -OCH3 is 2. The number of amides is 2. The van der Waals surface area contributed by atoms with Gasteiger partial charge in [0.1, 0.15) is 0 Å². The van der Waals surface area contributed by atoms with Crippen LogP contribution in [0, 0.1) is 6.92 Å². The summed E-state index contributed by atoms with van der Waals surface area (Å²) in [6, 6.07) is 13.2. The Balaban J connectivity index is 1.89. The molecule has 0 aromatic heterocycles. The number of benzene rings is 2. The molecule has 0 spiro atoms. The predicted molar refractivity (Wildman–Crippen MR) is 109 cm³/mol. The van der Waals surface area contributed by atoms with Crippen LogP contribution >= 0.6 is 0 Å². The Morgan fingerprint density at radius 1 is 1.00 bits per heavy atom. The minimum atomic E-state index is -0.124. The van der Waals surface area contributed by atoms with Crippen molar-refractivity contribution in [3.63, 3.8) is 0 Å². The number of carbonyl (C=O) groups excluding carboxylic acids is 2. The molecule has 6 heteroatoms. The van der Waals surface area contributed by atoms with Crippen molar-refractivity contribution in [2.75, 3.05) is 33.9 Å². The van der Waals surface area contributed by atoms with Crippen molar-refractivity contribution in [2.24, 2.45) is 0 Å². The molecule has 0 unspecified atom stereocenters. The largest absolute Gasteiger partial charge is 0.493 e. The summed E-state index contributed by atoms with van der Waals surface area (Å²) in [6.07, 6.45) is 0.686. The van der Waals surface area contributed by atoms with Gasteiger partial charge in [0.2, 0.25) is 5.91 Å². The highest BCUT2D eigenvalue weighted by molar-refractivity contribution is 5.95. The zero-order valence-corrected chi connectivity index (χ0v) is 17.0. The highest BCUT2D eigenvalue weighted by Gasteiger charge is 2.12. The van der Waals surface area contributed by atoms with E-state index in [1.54, 1.807) is 25.2 Å². The second kappa shape index (κ2) is 10.3. The first-order chi connectivity index (χ1) is 13.5. The van der Waals surface area contributed by atoms with Gasteiger partial charge in [-0.05, 0) is 42.7 Å². The van der Waals surface area contributed by atoms with Gasteiger partial charge in [0.25, 0.3) is 5.91 Å². The van der Waals surface area contributed by atoms with E-state index in [1.807, 2.05) is 43.3 Å². The lowest BCUT2D eigenvalue weighted by atomic mass is 10.1. The fourth-order valence-electron chi connectivity index (χ4n) is 2.95. The zero-order chi connectivity index (χ0) is 20.5. The number of aryl methyl sites for hydroxylation is 1. The van der Waals surface area contributed by atoms with Crippen LogP contribution in [0.3, 0.4) is 0 Å². The molecule has 0 bridgehead atoms. The lowest BCUT2D eigenvalue weighted by Crippen LogP contribution is -2.38. The summed E-state index contributed by atoms with van der Waals surface area (Å²) in [5, 5.41) is 2.89. The highest BCUT2D eigenvalue weighted by Crippen LogP contribution is 2.27. The molecule has 0 aliphatic carbocycles. The molecule has 28 heavy (non-hydrogen) atoms. The van der Waals surface area contributed by atoms with Gasteiger partial charge in [-0.2, -0.15) is 0 Å². The molecule has 0 atom stereocenters. The molecule has 1 N–H and O–H groups in total. The van der Waals surface area contributed by atoms with Crippen LogP contribution in [-0.4, -0.2) is 50.6 Å². The first-order valence-corrected chi connectivity index (χ1v) is 9.26. The van der Waals surface area contributed by atoms with Crippen molar-refractivity contribution >= 4 is 11.8 Å². The number of nitrogens with zero attached hydrogens (tertiary/aromatic N) is 1. The van der Waals surface area contributed by atoms with Crippen molar-refractivity contribution in [1.29, 1.82) is 0 Å². The molecular weight excluding hydrogens is 356 g/mol. The van der Waals surface area contributed by atoms with Gasteiger partial charge >= 0.3 is 0 Å². The highest BCUT2D eigenvalue weighted by atomic mass is 16.5. The van der Waals surface area contributed by atoms with E-state index in [2.05, 4.69) is 5.32 Å². The van der Waals surface area contributed by atoms with Gasteiger partial charge in [-0.15, -0.1) is 0 Å². The number of hydrogen-bond donors (Lipinski definition) is 1. The summed E-state index contributed by atoms with van der Waals surface area (Å²) in [7, 11) is 3.20. The van der Waals surface area contributed by atoms with E-state index in [0.717, 1.165) is 11.1 Å². The van der Waals surface area contributed by atoms with Crippen molar-refractivity contribution in [1.82, 2.24) is 10.2 Å². The number of nitrogens with one attached hydrogen (secondary N) is 1. The lowest BCUT2D eigenvalue weighted by Gasteiger charge is -2.21. The van der Waals surface area contributed by atoms with Crippen LogP contribution in [0.1, 0.15) is 28.4 Å². The molecule has 0 saturated carbocycles. The molecule has 2 rings (SSSR count). The fraction of sp³-hybridized carbons (Fsp3) is 0.364. The maximum absolute atomic E-state index is 12.3. The number of hydrogen-bond acceptors (Lipinski definition) is 4. The van der Waals surface area contributed by atoms with Crippen molar-refractivity contribution in [2.45, 2.75) is 20.3 Å². The molecule has 0 heterocycles. The first-order valence-electron chi connectivity index (χ1n) is 9.26. The molecule has 0 fully saturated rings. The van der Waals surface area contributed by atoms with E-state index in [4.69, 9.17) is 9.47 Å². The normalized spacial score (nSPS) is 10.3. The summed E-state index contributed by atoms with van der Waals surface area (Å²) < 4.78 is 10.6. The monoisotopic (exact) mass is 384 g/mol. The van der Waals surface area contributed by atoms with Crippen LogP contribution < -0.4 is 14.8 Å². The molecule has 0 aliphatic rings. The zero-order valence-electron chi connectivity index (χ0n) is 17.0. The summed E-state index contributed by atoms with van der Waals surface area (Å²) in [5.41, 5.74) is 2.63. The molecule has 0 radical (unpaired) electrons. The molecule has 0 aliphatic heterocycles. The molecule has 2 amide bonds. The van der Waals surface area contributed by atoms with Gasteiger partial charge < -0.3 is 19.7 Å². The third-order valence-corrected chi connectivity index (χ3v) is 4.62. The number of rotatable bonds is 9. The van der Waals surface area contributed by atoms with Crippen LogP contribution in [0.15, 0.2) is 42.5 Å². The summed E-state index contributed by atoms with van der Waals surface area (Å²) in [4.78, 5) is 26.0. The third-order valence-electron chi connectivity index (χ3n) is 4.62. The second-order valence-corrected chi connectivity index (χ2v) is 6.52. The number of ether oxygens (including phenoxy) is 2. The summed E-state index contributed by atoms with van der Waals surface area (Å²) >= 11 is 0. The van der Waals surface area contributed by atoms with Gasteiger partial charge in [-0.3, -0.25) is 9.59 Å². The average Bonchev–Trinajstić information content (AvgIpc) is 2.70. The average molecular weight is 384 g/mol. The molecule has 2 aromatic carbocycles. The van der Waals surface area contributed by atoms with Gasteiger partial charge in [-0.25, -0.2) is 0 Å². The van der Waals surface area contributed by atoms with Gasteiger partial charge in [0.05, 0.1) is 14.2 Å². The molecule has 150 valence electrons. The van der Waals surface area contributed by atoms with Crippen molar-refractivity contribution in [3.05, 3.63) is 59.2 Å². The SMILES string of the molecule is COc1ccc(CCN(CCNC(=O)c2ccccc2C)C(C)=O)cc1OC. The quantitative estimate of drug-likeness (QED) is 0.722. The van der Waals surface area contributed by atoms with Crippen LogP contribution in [-0.2, 0) is 11.2 Å². The topological polar surface area (TPSA) is 67.9 Å². The van der Waals surface area contributed by atoms with Gasteiger partial charge in [0.15, 0.2) is 11.5 Å². The standard InChI is InChI=1S/C22H28N2O4/c1-16-7-5-6-8-19(16)22(26)23-12-14-24(17(2)25)13-11-18-9-10-20(27-3)21(15-18)28-4/h5-10,15H,11-14H2,1-4H3,(H,23,26). The van der Waals surface area contributed by atoms with E-state index in [-0.39, 0.29) is 11.8 Å². The molecule has 2 aromatic rings.